The molecule has 0 spiro atoms. The van der Waals surface area contributed by atoms with E-state index < -0.39 is 10.0 Å². The smallest absolute Gasteiger partial charge is 0.211 e. The maximum absolute atomic E-state index is 12.0. The predicted molar refractivity (Wildman–Crippen MR) is 78.5 cm³/mol. The molecule has 4 nitrogen and oxygen atoms in total. The third-order valence-corrected chi connectivity index (χ3v) is 5.52. The first-order chi connectivity index (χ1) is 9.07. The van der Waals surface area contributed by atoms with E-state index in [9.17, 15) is 8.42 Å². The van der Waals surface area contributed by atoms with Crippen LogP contribution in [-0.2, 0) is 10.0 Å². The van der Waals surface area contributed by atoms with Gasteiger partial charge in [-0.15, -0.1) is 0 Å². The number of aliphatic hydroxyl groups is 1. The highest BCUT2D eigenvalue weighted by Crippen LogP contribution is 2.24. The molecule has 5 heteroatoms. The van der Waals surface area contributed by atoms with Crippen LogP contribution >= 0.6 is 0 Å². The van der Waals surface area contributed by atoms with Gasteiger partial charge < -0.3 is 5.11 Å². The van der Waals surface area contributed by atoms with Crippen molar-refractivity contribution in [3.05, 3.63) is 0 Å². The summed E-state index contributed by atoms with van der Waals surface area (Å²) < 4.78 is 26.8. The molecule has 0 radical (unpaired) electrons. The number of aliphatic hydroxyl groups excluding tert-OH is 1. The molecular weight excluding hydrogens is 262 g/mol. The summed E-state index contributed by atoms with van der Waals surface area (Å²) in [5.41, 5.74) is 0. The van der Waals surface area contributed by atoms with Crippen LogP contribution in [0.2, 0.25) is 0 Å². The Bertz CT molecular complexity index is 318. The van der Waals surface area contributed by atoms with Gasteiger partial charge in [-0.3, -0.25) is 0 Å². The topological polar surface area (TPSA) is 66.4 Å². The Kier molecular flexibility index (Phi) is 7.95. The summed E-state index contributed by atoms with van der Waals surface area (Å²) in [4.78, 5) is 0. The molecular formula is C14H29NO3S. The first kappa shape index (κ1) is 16.9. The molecule has 1 atom stereocenters. The van der Waals surface area contributed by atoms with Crippen molar-refractivity contribution in [1.82, 2.24) is 4.72 Å². The summed E-state index contributed by atoms with van der Waals surface area (Å²) in [6.45, 7) is 2.69. The van der Waals surface area contributed by atoms with E-state index in [0.717, 1.165) is 25.7 Å². The van der Waals surface area contributed by atoms with Gasteiger partial charge in [-0.05, 0) is 37.5 Å². The minimum atomic E-state index is -3.14. The van der Waals surface area contributed by atoms with Crippen LogP contribution < -0.4 is 4.72 Å². The molecule has 0 aromatic carbocycles. The number of rotatable bonds is 9. The molecule has 114 valence electrons. The molecule has 1 aliphatic rings. The first-order valence-corrected chi connectivity index (χ1v) is 9.30. The minimum Gasteiger partial charge on any atom is -0.396 e. The Hall–Kier alpha value is -0.130. The van der Waals surface area contributed by atoms with Crippen LogP contribution in [0.3, 0.4) is 0 Å². The summed E-state index contributed by atoms with van der Waals surface area (Å²) in [5.74, 6) is 0.884. The second-order valence-corrected chi connectivity index (χ2v) is 7.65. The standard InChI is InChI=1S/C14H29NO3S/c1-2-6-13(9-10-16)11-15-19(17,18)12-14-7-4-3-5-8-14/h13-16H,2-12H2,1H3. The van der Waals surface area contributed by atoms with E-state index in [4.69, 9.17) is 5.11 Å². The van der Waals surface area contributed by atoms with Crippen molar-refractivity contribution in [3.63, 3.8) is 0 Å². The predicted octanol–water partition coefficient (Wildman–Crippen LogP) is 2.28. The van der Waals surface area contributed by atoms with Gasteiger partial charge in [0, 0.05) is 13.2 Å². The molecule has 0 heterocycles. The molecule has 0 aliphatic heterocycles. The summed E-state index contributed by atoms with van der Waals surface area (Å²) in [7, 11) is -3.14. The van der Waals surface area contributed by atoms with Crippen LogP contribution in [0.15, 0.2) is 0 Å². The van der Waals surface area contributed by atoms with Gasteiger partial charge in [0.05, 0.1) is 5.75 Å². The lowest BCUT2D eigenvalue weighted by Crippen LogP contribution is -2.34. The van der Waals surface area contributed by atoms with E-state index in [1.807, 2.05) is 0 Å². The second-order valence-electron chi connectivity index (χ2n) is 5.80. The van der Waals surface area contributed by atoms with Gasteiger partial charge in [-0.25, -0.2) is 13.1 Å². The lowest BCUT2D eigenvalue weighted by Gasteiger charge is -2.22. The molecule has 19 heavy (non-hydrogen) atoms. The lowest BCUT2D eigenvalue weighted by atomic mass is 9.91. The summed E-state index contributed by atoms with van der Waals surface area (Å²) >= 11 is 0. The molecule has 2 N–H and O–H groups in total. The van der Waals surface area contributed by atoms with E-state index in [1.165, 1.54) is 19.3 Å². The SMILES string of the molecule is CCCC(CCO)CNS(=O)(=O)CC1CCCCC1. The highest BCUT2D eigenvalue weighted by molar-refractivity contribution is 7.89. The maximum Gasteiger partial charge on any atom is 0.211 e. The van der Waals surface area contributed by atoms with Crippen LogP contribution in [0.1, 0.15) is 58.3 Å². The van der Waals surface area contributed by atoms with E-state index in [1.54, 1.807) is 0 Å². The fourth-order valence-corrected chi connectivity index (χ4v) is 4.47. The monoisotopic (exact) mass is 291 g/mol. The van der Waals surface area contributed by atoms with Crippen LogP contribution in [0.25, 0.3) is 0 Å². The van der Waals surface area contributed by atoms with Crippen molar-refractivity contribution < 1.29 is 13.5 Å². The van der Waals surface area contributed by atoms with Gasteiger partial charge in [-0.2, -0.15) is 0 Å². The highest BCUT2D eigenvalue weighted by Gasteiger charge is 2.21. The number of nitrogens with one attached hydrogen (secondary N) is 1. The van der Waals surface area contributed by atoms with E-state index in [-0.39, 0.29) is 18.3 Å². The zero-order valence-corrected chi connectivity index (χ0v) is 12.9. The molecule has 0 amide bonds. The van der Waals surface area contributed by atoms with Gasteiger partial charge in [0.2, 0.25) is 10.0 Å². The maximum atomic E-state index is 12.0. The van der Waals surface area contributed by atoms with Gasteiger partial charge >= 0.3 is 0 Å². The summed E-state index contributed by atoms with van der Waals surface area (Å²) in [6.07, 6.45) is 8.36. The van der Waals surface area contributed by atoms with Gasteiger partial charge in [0.25, 0.3) is 0 Å². The highest BCUT2D eigenvalue weighted by atomic mass is 32.2. The van der Waals surface area contributed by atoms with E-state index in [2.05, 4.69) is 11.6 Å². The van der Waals surface area contributed by atoms with Crippen molar-refractivity contribution in [2.75, 3.05) is 18.9 Å². The fourth-order valence-electron chi connectivity index (χ4n) is 2.91. The number of sulfonamides is 1. The molecule has 0 aromatic heterocycles. The second kappa shape index (κ2) is 8.93. The molecule has 1 aliphatic carbocycles. The van der Waals surface area contributed by atoms with Crippen molar-refractivity contribution in [2.24, 2.45) is 11.8 Å². The molecule has 1 fully saturated rings. The van der Waals surface area contributed by atoms with Gasteiger partial charge in [0.1, 0.15) is 0 Å². The third-order valence-electron chi connectivity index (χ3n) is 4.01. The molecule has 1 saturated carbocycles. The van der Waals surface area contributed by atoms with Crippen molar-refractivity contribution >= 4 is 10.0 Å². The quantitative estimate of drug-likeness (QED) is 0.685. The minimum absolute atomic E-state index is 0.134. The number of hydrogen-bond acceptors (Lipinski definition) is 3. The van der Waals surface area contributed by atoms with Crippen molar-refractivity contribution in [1.29, 1.82) is 0 Å². The van der Waals surface area contributed by atoms with Crippen molar-refractivity contribution in [2.45, 2.75) is 58.3 Å². The summed E-state index contributed by atoms with van der Waals surface area (Å²) in [6, 6.07) is 0. The summed E-state index contributed by atoms with van der Waals surface area (Å²) in [5, 5.41) is 8.98. The lowest BCUT2D eigenvalue weighted by molar-refractivity contribution is 0.251. The zero-order chi connectivity index (χ0) is 14.1. The van der Waals surface area contributed by atoms with Crippen LogP contribution in [0, 0.1) is 11.8 Å². The fraction of sp³-hybridized carbons (Fsp3) is 1.00. The molecule has 1 rings (SSSR count). The van der Waals surface area contributed by atoms with Gasteiger partial charge in [-0.1, -0.05) is 32.6 Å². The molecule has 1 unspecified atom stereocenters. The van der Waals surface area contributed by atoms with Crippen LogP contribution in [0.4, 0.5) is 0 Å². The largest absolute Gasteiger partial charge is 0.396 e. The van der Waals surface area contributed by atoms with E-state index in [0.29, 0.717) is 18.9 Å². The zero-order valence-electron chi connectivity index (χ0n) is 12.1. The Labute approximate surface area is 118 Å². The third kappa shape index (κ3) is 7.28. The molecule has 0 bridgehead atoms. The van der Waals surface area contributed by atoms with Crippen LogP contribution in [0.5, 0.6) is 0 Å². The van der Waals surface area contributed by atoms with Crippen molar-refractivity contribution in [3.8, 4) is 0 Å². The Morgan fingerprint density at radius 2 is 1.89 bits per heavy atom. The average molecular weight is 291 g/mol. The Morgan fingerprint density at radius 3 is 2.47 bits per heavy atom. The first-order valence-electron chi connectivity index (χ1n) is 7.65. The molecule has 0 aromatic rings. The van der Waals surface area contributed by atoms with E-state index >= 15 is 0 Å². The van der Waals surface area contributed by atoms with Gasteiger partial charge in [0.15, 0.2) is 0 Å². The Balaban J connectivity index is 2.35. The number of hydrogen-bond donors (Lipinski definition) is 2. The Morgan fingerprint density at radius 1 is 1.21 bits per heavy atom. The normalized spacial score (nSPS) is 19.5. The molecule has 0 saturated heterocycles. The average Bonchev–Trinajstić information content (AvgIpc) is 2.37. The van der Waals surface area contributed by atoms with Crippen LogP contribution in [-0.4, -0.2) is 32.4 Å².